The van der Waals surface area contributed by atoms with Gasteiger partial charge in [0.25, 0.3) is 11.7 Å². The van der Waals surface area contributed by atoms with Crippen molar-refractivity contribution in [2.45, 2.75) is 52.1 Å². The zero-order valence-electron chi connectivity index (χ0n) is 14.7. The smallest absolute Gasteiger partial charge is 0.308 e. The summed E-state index contributed by atoms with van der Waals surface area (Å²) in [5.41, 5.74) is 0.886. The predicted molar refractivity (Wildman–Crippen MR) is 93.6 cm³/mol. The van der Waals surface area contributed by atoms with Gasteiger partial charge in [-0.2, -0.15) is 0 Å². The maximum atomic E-state index is 12.9. The number of hydrogen-bond acceptors (Lipinski definition) is 4. The van der Waals surface area contributed by atoms with Gasteiger partial charge in [0.05, 0.1) is 10.9 Å². The van der Waals surface area contributed by atoms with E-state index in [2.05, 4.69) is 4.98 Å². The predicted octanol–water partition coefficient (Wildman–Crippen LogP) is 3.07. The van der Waals surface area contributed by atoms with Gasteiger partial charge in [0.2, 0.25) is 0 Å². The minimum atomic E-state index is -0.577. The molecule has 0 radical (unpaired) electrons. The Morgan fingerprint density at radius 1 is 1.16 bits per heavy atom. The molecule has 0 aliphatic carbocycles. The molecule has 6 nitrogen and oxygen atoms in total. The number of carbonyl (C=O) groups excluding carboxylic acids is 3. The number of aromatic amines is 1. The van der Waals surface area contributed by atoms with Gasteiger partial charge in [0.15, 0.2) is 0 Å². The number of hydrogen-bond donors (Lipinski definition) is 1. The highest BCUT2D eigenvalue weighted by Gasteiger charge is 2.34. The number of nitrogens with one attached hydrogen (secondary N) is 1. The minimum absolute atomic E-state index is 0.0401. The summed E-state index contributed by atoms with van der Waals surface area (Å²) < 4.78 is 5.21. The first-order valence-corrected chi connectivity index (χ1v) is 8.55. The Hall–Kier alpha value is -2.63. The zero-order valence-corrected chi connectivity index (χ0v) is 14.7. The van der Waals surface area contributed by atoms with E-state index < -0.39 is 17.7 Å². The summed E-state index contributed by atoms with van der Waals surface area (Å²) in [6.45, 7) is 5.25. The van der Waals surface area contributed by atoms with Crippen LogP contribution in [0.1, 0.15) is 50.4 Å². The fourth-order valence-electron chi connectivity index (χ4n) is 3.62. The number of fused-ring (bicyclic) bond motifs is 1. The van der Waals surface area contributed by atoms with Crippen LogP contribution < -0.4 is 4.74 Å². The highest BCUT2D eigenvalue weighted by Crippen LogP contribution is 2.31. The Morgan fingerprint density at radius 2 is 1.84 bits per heavy atom. The number of rotatable bonds is 3. The van der Waals surface area contributed by atoms with Crippen molar-refractivity contribution in [1.82, 2.24) is 9.88 Å². The highest BCUT2D eigenvalue weighted by atomic mass is 16.5. The molecule has 1 amide bonds. The molecule has 2 heterocycles. The molecule has 0 spiro atoms. The Labute approximate surface area is 146 Å². The largest absolute Gasteiger partial charge is 0.426 e. The van der Waals surface area contributed by atoms with Gasteiger partial charge in [0, 0.05) is 30.7 Å². The molecule has 0 saturated carbocycles. The molecule has 2 unspecified atom stereocenters. The van der Waals surface area contributed by atoms with Crippen LogP contribution in [0.3, 0.4) is 0 Å². The third kappa shape index (κ3) is 3.16. The topological polar surface area (TPSA) is 79.5 Å². The molecule has 1 aliphatic heterocycles. The molecular weight excluding hydrogens is 320 g/mol. The lowest BCUT2D eigenvalue weighted by molar-refractivity contribution is -0.132. The number of aromatic nitrogens is 1. The van der Waals surface area contributed by atoms with Crippen LogP contribution >= 0.6 is 0 Å². The third-order valence-corrected chi connectivity index (χ3v) is 4.79. The third-order valence-electron chi connectivity index (χ3n) is 4.79. The van der Waals surface area contributed by atoms with E-state index in [1.165, 1.54) is 13.1 Å². The number of amides is 1. The lowest BCUT2D eigenvalue weighted by Gasteiger charge is -2.38. The number of Topliss-reactive ketones (excluding diaryl/α,β-unsaturated/α-hetero) is 1. The first-order chi connectivity index (χ1) is 11.9. The van der Waals surface area contributed by atoms with Crippen molar-refractivity contribution < 1.29 is 19.1 Å². The molecule has 1 saturated heterocycles. The Kier molecular flexibility index (Phi) is 4.61. The summed E-state index contributed by atoms with van der Waals surface area (Å²) >= 11 is 0. The van der Waals surface area contributed by atoms with E-state index >= 15 is 0 Å². The second kappa shape index (κ2) is 6.70. The van der Waals surface area contributed by atoms with E-state index in [1.807, 2.05) is 13.8 Å². The van der Waals surface area contributed by atoms with Gasteiger partial charge in [-0.25, -0.2) is 0 Å². The molecule has 3 rings (SSSR count). The number of benzene rings is 1. The van der Waals surface area contributed by atoms with Crippen molar-refractivity contribution in [3.8, 4) is 5.75 Å². The SMILES string of the molecule is CC(=O)Oc1cccc2[nH]cc(C(=O)C(=O)N3C(C)CCCC3C)c12. The average molecular weight is 342 g/mol. The van der Waals surface area contributed by atoms with E-state index in [9.17, 15) is 14.4 Å². The Balaban J connectivity index is 1.99. The van der Waals surface area contributed by atoms with Crippen molar-refractivity contribution in [1.29, 1.82) is 0 Å². The fraction of sp³-hybridized carbons (Fsp3) is 0.421. The molecule has 1 aromatic carbocycles. The quantitative estimate of drug-likeness (QED) is 0.402. The number of nitrogens with zero attached hydrogens (tertiary/aromatic N) is 1. The maximum Gasteiger partial charge on any atom is 0.308 e. The van der Waals surface area contributed by atoms with Gasteiger partial charge in [0.1, 0.15) is 5.75 Å². The molecule has 25 heavy (non-hydrogen) atoms. The van der Waals surface area contributed by atoms with Crippen molar-refractivity contribution >= 4 is 28.6 Å². The number of ketones is 1. The van der Waals surface area contributed by atoms with E-state index in [-0.39, 0.29) is 23.4 Å². The number of H-pyrrole nitrogens is 1. The van der Waals surface area contributed by atoms with E-state index in [1.54, 1.807) is 23.1 Å². The average Bonchev–Trinajstić information content (AvgIpc) is 2.98. The van der Waals surface area contributed by atoms with Crippen LogP contribution in [-0.4, -0.2) is 39.6 Å². The molecule has 2 atom stereocenters. The summed E-state index contributed by atoms with van der Waals surface area (Å²) in [6, 6.07) is 5.19. The van der Waals surface area contributed by atoms with Gasteiger partial charge < -0.3 is 14.6 Å². The minimum Gasteiger partial charge on any atom is -0.426 e. The normalized spacial score (nSPS) is 20.5. The van der Waals surface area contributed by atoms with Gasteiger partial charge in [-0.1, -0.05) is 6.07 Å². The van der Waals surface area contributed by atoms with Crippen molar-refractivity contribution in [2.24, 2.45) is 0 Å². The summed E-state index contributed by atoms with van der Waals surface area (Å²) in [7, 11) is 0. The summed E-state index contributed by atoms with van der Waals surface area (Å²) in [6.07, 6.45) is 4.37. The number of carbonyl (C=O) groups is 3. The first kappa shape index (κ1) is 17.2. The monoisotopic (exact) mass is 342 g/mol. The second-order valence-corrected chi connectivity index (χ2v) is 6.65. The number of esters is 1. The van der Waals surface area contributed by atoms with Crippen LogP contribution in [0.2, 0.25) is 0 Å². The lowest BCUT2D eigenvalue weighted by atomic mass is 9.96. The summed E-state index contributed by atoms with van der Waals surface area (Å²) in [4.78, 5) is 41.7. The van der Waals surface area contributed by atoms with Crippen molar-refractivity contribution in [3.63, 3.8) is 0 Å². The number of piperidine rings is 1. The van der Waals surface area contributed by atoms with Gasteiger partial charge >= 0.3 is 5.97 Å². The van der Waals surface area contributed by atoms with Crippen LogP contribution in [0, 0.1) is 0 Å². The van der Waals surface area contributed by atoms with Crippen LogP contribution in [0.15, 0.2) is 24.4 Å². The summed E-state index contributed by atoms with van der Waals surface area (Å²) in [5, 5.41) is 0.466. The molecule has 1 N–H and O–H groups in total. The van der Waals surface area contributed by atoms with Crippen LogP contribution in [-0.2, 0) is 9.59 Å². The molecule has 6 heteroatoms. The number of ether oxygens (including phenoxy) is 1. The number of likely N-dealkylation sites (tertiary alicyclic amines) is 1. The van der Waals surface area contributed by atoms with E-state index in [0.717, 1.165) is 19.3 Å². The molecule has 1 fully saturated rings. The summed E-state index contributed by atoms with van der Waals surface area (Å²) in [5.74, 6) is -1.27. The van der Waals surface area contributed by atoms with E-state index in [4.69, 9.17) is 4.74 Å². The molecule has 132 valence electrons. The Bertz CT molecular complexity index is 829. The van der Waals surface area contributed by atoms with Crippen LogP contribution in [0.4, 0.5) is 0 Å². The van der Waals surface area contributed by atoms with Crippen LogP contribution in [0.5, 0.6) is 5.75 Å². The maximum absolute atomic E-state index is 12.9. The highest BCUT2D eigenvalue weighted by molar-refractivity contribution is 6.45. The second-order valence-electron chi connectivity index (χ2n) is 6.65. The van der Waals surface area contributed by atoms with Gasteiger partial charge in [-0.15, -0.1) is 0 Å². The molecule has 1 aromatic heterocycles. The fourth-order valence-corrected chi connectivity index (χ4v) is 3.62. The molecular formula is C19H22N2O4. The van der Waals surface area contributed by atoms with Crippen molar-refractivity contribution in [2.75, 3.05) is 0 Å². The van der Waals surface area contributed by atoms with Crippen molar-refractivity contribution in [3.05, 3.63) is 30.0 Å². The molecule has 0 bridgehead atoms. The standard InChI is InChI=1S/C19H22N2O4/c1-11-6-4-7-12(2)21(11)19(24)18(23)14-10-20-15-8-5-9-16(17(14)15)25-13(3)22/h5,8-12,20H,4,6-7H2,1-3H3. The van der Waals surface area contributed by atoms with Crippen LogP contribution in [0.25, 0.3) is 10.9 Å². The Morgan fingerprint density at radius 3 is 2.48 bits per heavy atom. The van der Waals surface area contributed by atoms with Gasteiger partial charge in [-0.05, 0) is 45.2 Å². The van der Waals surface area contributed by atoms with E-state index in [0.29, 0.717) is 10.9 Å². The molecule has 1 aliphatic rings. The zero-order chi connectivity index (χ0) is 18.1. The first-order valence-electron chi connectivity index (χ1n) is 8.55. The molecule has 2 aromatic rings. The lowest BCUT2D eigenvalue weighted by Crippen LogP contribution is -2.50. The van der Waals surface area contributed by atoms with Gasteiger partial charge in [-0.3, -0.25) is 14.4 Å².